The van der Waals surface area contributed by atoms with Crippen LogP contribution in [0.1, 0.15) is 37.7 Å². The minimum Gasteiger partial charge on any atom is -0.480 e. The van der Waals surface area contributed by atoms with Crippen molar-refractivity contribution in [1.82, 2.24) is 15.5 Å². The van der Waals surface area contributed by atoms with Gasteiger partial charge in [-0.05, 0) is 37.8 Å². The molecule has 34 heavy (non-hydrogen) atoms. The first-order chi connectivity index (χ1) is 16.3. The van der Waals surface area contributed by atoms with E-state index in [1.807, 2.05) is 6.07 Å². The number of nitrogens with zero attached hydrogens (tertiary/aromatic N) is 1. The van der Waals surface area contributed by atoms with E-state index < -0.39 is 54.5 Å². The molecular weight excluding hydrogens is 442 g/mol. The Labute approximate surface area is 198 Å². The minimum atomic E-state index is -1.33. The second-order valence-corrected chi connectivity index (χ2v) is 8.41. The third kappa shape index (κ3) is 7.79. The maximum Gasteiger partial charge on any atom is 0.326 e. The molecule has 4 unspecified atom stereocenters. The van der Waals surface area contributed by atoms with Crippen LogP contribution in [0.4, 0.5) is 0 Å². The first kappa shape index (κ1) is 27.2. The van der Waals surface area contributed by atoms with E-state index >= 15 is 0 Å². The number of hydrogen-bond donors (Lipinski definition) is 6. The Hall–Kier alpha value is -3.02. The second kappa shape index (κ2) is 13.6. The number of carbonyl (C=O) groups is 4. The molecule has 3 amide bonds. The molecule has 1 aromatic carbocycles. The molecular formula is C23H35N5O6. The molecule has 2 rings (SSSR count). The highest BCUT2D eigenvalue weighted by molar-refractivity contribution is 5.94. The molecule has 1 aromatic rings. The predicted molar refractivity (Wildman–Crippen MR) is 124 cm³/mol. The van der Waals surface area contributed by atoms with Gasteiger partial charge in [0.2, 0.25) is 17.7 Å². The number of carboxylic acids is 1. The van der Waals surface area contributed by atoms with Gasteiger partial charge in [-0.2, -0.15) is 0 Å². The van der Waals surface area contributed by atoms with E-state index in [1.54, 1.807) is 24.3 Å². The first-order valence-corrected chi connectivity index (χ1v) is 11.5. The number of hydrogen-bond acceptors (Lipinski definition) is 7. The highest BCUT2D eigenvalue weighted by atomic mass is 16.4. The average Bonchev–Trinajstić information content (AvgIpc) is 3.32. The molecule has 0 radical (unpaired) electrons. The molecule has 1 aliphatic heterocycles. The molecule has 11 nitrogen and oxygen atoms in total. The van der Waals surface area contributed by atoms with Gasteiger partial charge in [-0.3, -0.25) is 14.4 Å². The quantitative estimate of drug-likeness (QED) is 0.189. The Balaban J connectivity index is 2.11. The number of rotatable bonds is 13. The maximum absolute atomic E-state index is 13.1. The van der Waals surface area contributed by atoms with E-state index in [4.69, 9.17) is 11.5 Å². The molecule has 1 aliphatic rings. The molecule has 0 aromatic heterocycles. The van der Waals surface area contributed by atoms with E-state index in [1.165, 1.54) is 0 Å². The lowest BCUT2D eigenvalue weighted by molar-refractivity contribution is -0.150. The normalized spacial score (nSPS) is 18.1. The standard InChI is InChI=1S/C23H35N5O6/c24-11-5-4-9-16(25)20(30)26-17(13-15-7-2-1-3-8-15)21(31)27-18(14-29)22(32)28-12-6-10-19(28)23(33)34/h1-3,7-8,16-19,29H,4-6,9-14,24-25H2,(H,26,30)(H,27,31)(H,33,34). The van der Waals surface area contributed by atoms with Crippen LogP contribution in [0.25, 0.3) is 0 Å². The zero-order valence-electron chi connectivity index (χ0n) is 19.2. The Kier molecular flexibility index (Phi) is 10.9. The fourth-order valence-electron chi connectivity index (χ4n) is 3.92. The Bertz CT molecular complexity index is 836. The summed E-state index contributed by atoms with van der Waals surface area (Å²) in [5.41, 5.74) is 12.2. The number of carbonyl (C=O) groups excluding carboxylic acids is 3. The number of aliphatic hydroxyl groups is 1. The highest BCUT2D eigenvalue weighted by Crippen LogP contribution is 2.18. The molecule has 1 saturated heterocycles. The molecule has 4 atom stereocenters. The summed E-state index contributed by atoms with van der Waals surface area (Å²) in [5.74, 6) is -2.99. The lowest BCUT2D eigenvalue weighted by Gasteiger charge is -2.28. The van der Waals surface area contributed by atoms with Crippen LogP contribution in [-0.2, 0) is 25.6 Å². The van der Waals surface area contributed by atoms with Crippen LogP contribution in [0.2, 0.25) is 0 Å². The molecule has 188 valence electrons. The summed E-state index contributed by atoms with van der Waals surface area (Å²) in [6.07, 6.45) is 2.77. The van der Waals surface area contributed by atoms with Crippen LogP contribution in [0.15, 0.2) is 30.3 Å². The Morgan fingerprint density at radius 2 is 1.74 bits per heavy atom. The number of nitrogens with one attached hydrogen (secondary N) is 2. The van der Waals surface area contributed by atoms with Crippen LogP contribution < -0.4 is 22.1 Å². The predicted octanol–water partition coefficient (Wildman–Crippen LogP) is -1.28. The smallest absolute Gasteiger partial charge is 0.326 e. The molecule has 1 fully saturated rings. The van der Waals surface area contributed by atoms with Crippen molar-refractivity contribution in [2.24, 2.45) is 11.5 Å². The van der Waals surface area contributed by atoms with E-state index in [9.17, 15) is 29.4 Å². The van der Waals surface area contributed by atoms with Crippen LogP contribution in [-0.4, -0.2) is 82.7 Å². The summed E-state index contributed by atoms with van der Waals surface area (Å²) < 4.78 is 0. The van der Waals surface area contributed by atoms with Gasteiger partial charge in [0.25, 0.3) is 0 Å². The van der Waals surface area contributed by atoms with Gasteiger partial charge in [0.15, 0.2) is 0 Å². The Morgan fingerprint density at radius 3 is 2.35 bits per heavy atom. The zero-order valence-corrected chi connectivity index (χ0v) is 19.2. The van der Waals surface area contributed by atoms with E-state index in [-0.39, 0.29) is 13.0 Å². The molecule has 0 aliphatic carbocycles. The zero-order chi connectivity index (χ0) is 25.1. The van der Waals surface area contributed by atoms with Gasteiger partial charge in [-0.1, -0.05) is 36.8 Å². The summed E-state index contributed by atoms with van der Waals surface area (Å²) in [7, 11) is 0. The molecule has 0 bridgehead atoms. The number of unbranched alkanes of at least 4 members (excludes halogenated alkanes) is 1. The van der Waals surface area contributed by atoms with Crippen molar-refractivity contribution in [2.75, 3.05) is 19.7 Å². The number of amides is 3. The van der Waals surface area contributed by atoms with E-state index in [0.717, 1.165) is 16.9 Å². The number of benzene rings is 1. The summed E-state index contributed by atoms with van der Waals surface area (Å²) >= 11 is 0. The van der Waals surface area contributed by atoms with Crippen molar-refractivity contribution in [2.45, 2.75) is 62.7 Å². The molecule has 1 heterocycles. The largest absolute Gasteiger partial charge is 0.480 e. The van der Waals surface area contributed by atoms with Crippen LogP contribution >= 0.6 is 0 Å². The third-order valence-electron chi connectivity index (χ3n) is 5.84. The van der Waals surface area contributed by atoms with E-state index in [2.05, 4.69) is 10.6 Å². The van der Waals surface area contributed by atoms with Gasteiger partial charge in [0.05, 0.1) is 12.6 Å². The van der Waals surface area contributed by atoms with Crippen molar-refractivity contribution in [3.8, 4) is 0 Å². The number of aliphatic carboxylic acids is 1. The Morgan fingerprint density at radius 1 is 1.06 bits per heavy atom. The van der Waals surface area contributed by atoms with Gasteiger partial charge in [0.1, 0.15) is 18.1 Å². The second-order valence-electron chi connectivity index (χ2n) is 8.41. The van der Waals surface area contributed by atoms with E-state index in [0.29, 0.717) is 32.2 Å². The lowest BCUT2D eigenvalue weighted by atomic mass is 10.0. The van der Waals surface area contributed by atoms with Gasteiger partial charge in [-0.15, -0.1) is 0 Å². The maximum atomic E-state index is 13.1. The average molecular weight is 478 g/mol. The fraction of sp³-hybridized carbons (Fsp3) is 0.565. The van der Waals surface area contributed by atoms with Crippen LogP contribution in [0, 0.1) is 0 Å². The summed E-state index contributed by atoms with van der Waals surface area (Å²) in [6, 6.07) is 4.80. The molecule has 0 saturated carbocycles. The minimum absolute atomic E-state index is 0.141. The van der Waals surface area contributed by atoms with Gasteiger partial charge >= 0.3 is 5.97 Å². The van der Waals surface area contributed by atoms with Crippen LogP contribution in [0.3, 0.4) is 0 Å². The number of likely N-dealkylation sites (tertiary alicyclic amines) is 1. The summed E-state index contributed by atoms with van der Waals surface area (Å²) in [4.78, 5) is 51.2. The summed E-state index contributed by atoms with van der Waals surface area (Å²) in [6.45, 7) is 0.00568. The van der Waals surface area contributed by atoms with Gasteiger partial charge in [0, 0.05) is 13.0 Å². The van der Waals surface area contributed by atoms with Crippen molar-refractivity contribution in [3.63, 3.8) is 0 Å². The van der Waals surface area contributed by atoms with Crippen molar-refractivity contribution >= 4 is 23.7 Å². The van der Waals surface area contributed by atoms with Crippen LogP contribution in [0.5, 0.6) is 0 Å². The summed E-state index contributed by atoms with van der Waals surface area (Å²) in [5, 5.41) is 24.2. The van der Waals surface area contributed by atoms with Gasteiger partial charge in [-0.25, -0.2) is 4.79 Å². The lowest BCUT2D eigenvalue weighted by Crippen LogP contribution is -2.58. The number of aliphatic hydroxyl groups excluding tert-OH is 1. The van der Waals surface area contributed by atoms with Crippen molar-refractivity contribution < 1.29 is 29.4 Å². The SMILES string of the molecule is NCCCCC(N)C(=O)NC(Cc1ccccc1)C(=O)NC(CO)C(=O)N1CCCC1C(=O)O. The first-order valence-electron chi connectivity index (χ1n) is 11.5. The highest BCUT2D eigenvalue weighted by Gasteiger charge is 2.38. The fourth-order valence-corrected chi connectivity index (χ4v) is 3.92. The number of nitrogens with two attached hydrogens (primary N) is 2. The third-order valence-corrected chi connectivity index (χ3v) is 5.84. The monoisotopic (exact) mass is 477 g/mol. The molecule has 11 heteroatoms. The van der Waals surface area contributed by atoms with Crippen molar-refractivity contribution in [1.29, 1.82) is 0 Å². The molecule has 8 N–H and O–H groups in total. The number of carboxylic acid groups (broad SMARTS) is 1. The van der Waals surface area contributed by atoms with Gasteiger partial charge < -0.3 is 37.2 Å². The van der Waals surface area contributed by atoms with Crippen molar-refractivity contribution in [3.05, 3.63) is 35.9 Å². The molecule has 0 spiro atoms. The topological polar surface area (TPSA) is 188 Å².